The first-order valence-corrected chi connectivity index (χ1v) is 14.7. The number of benzene rings is 1. The Balaban J connectivity index is 1.22. The number of nitrogens with zero attached hydrogens (tertiary/aromatic N) is 2. The van der Waals surface area contributed by atoms with E-state index in [-0.39, 0.29) is 0 Å². The van der Waals surface area contributed by atoms with Crippen molar-refractivity contribution < 1.29 is 0 Å². The first kappa shape index (κ1) is 25.4. The molecular formula is C32H48N2. The average molecular weight is 461 g/mol. The monoisotopic (exact) mass is 460 g/mol. The molecule has 0 spiro atoms. The zero-order chi connectivity index (χ0) is 23.6. The molecule has 34 heavy (non-hydrogen) atoms. The zero-order valence-corrected chi connectivity index (χ0v) is 22.0. The quantitative estimate of drug-likeness (QED) is 0.312. The van der Waals surface area contributed by atoms with E-state index in [2.05, 4.69) is 50.5 Å². The summed E-state index contributed by atoms with van der Waals surface area (Å²) in [5.74, 6) is 4.49. The third-order valence-corrected chi connectivity index (χ3v) is 9.04. The summed E-state index contributed by atoms with van der Waals surface area (Å²) in [5.41, 5.74) is 3.96. The van der Waals surface area contributed by atoms with Gasteiger partial charge < -0.3 is 0 Å². The molecule has 2 fully saturated rings. The molecule has 2 aliphatic rings. The minimum atomic E-state index is 0.747. The van der Waals surface area contributed by atoms with Crippen molar-refractivity contribution in [3.63, 3.8) is 0 Å². The highest BCUT2D eigenvalue weighted by Gasteiger charge is 2.22. The molecule has 0 amide bonds. The molecule has 1 aromatic heterocycles. The maximum Gasteiger partial charge on any atom is 0.159 e. The van der Waals surface area contributed by atoms with Crippen LogP contribution in [0.2, 0.25) is 0 Å². The van der Waals surface area contributed by atoms with Gasteiger partial charge in [-0.25, -0.2) is 9.97 Å². The molecule has 0 N–H and O–H groups in total. The molecule has 1 aromatic carbocycles. The number of aromatic nitrogens is 2. The summed E-state index contributed by atoms with van der Waals surface area (Å²) < 4.78 is 0. The maximum absolute atomic E-state index is 4.72. The summed E-state index contributed by atoms with van der Waals surface area (Å²) in [5, 5.41) is 0. The second-order valence-corrected chi connectivity index (χ2v) is 11.4. The van der Waals surface area contributed by atoms with Crippen LogP contribution in [-0.2, 0) is 6.42 Å². The Kier molecular flexibility index (Phi) is 10.0. The molecule has 2 aliphatic carbocycles. The summed E-state index contributed by atoms with van der Waals surface area (Å²) >= 11 is 0. The Bertz CT molecular complexity index is 809. The van der Waals surface area contributed by atoms with Crippen LogP contribution in [0.3, 0.4) is 0 Å². The predicted molar refractivity (Wildman–Crippen MR) is 145 cm³/mol. The van der Waals surface area contributed by atoms with E-state index in [1.807, 2.05) is 0 Å². The minimum Gasteiger partial charge on any atom is -0.236 e. The van der Waals surface area contributed by atoms with Crippen molar-refractivity contribution in [1.29, 1.82) is 0 Å². The summed E-state index contributed by atoms with van der Waals surface area (Å²) in [6.07, 6.45) is 26.3. The maximum atomic E-state index is 4.72. The molecule has 0 unspecified atom stereocenters. The molecule has 0 atom stereocenters. The summed E-state index contributed by atoms with van der Waals surface area (Å²) in [7, 11) is 0. The third kappa shape index (κ3) is 7.40. The van der Waals surface area contributed by atoms with Gasteiger partial charge in [0, 0.05) is 18.0 Å². The molecule has 0 radical (unpaired) electrons. The molecule has 0 saturated heterocycles. The predicted octanol–water partition coefficient (Wildman–Crippen LogP) is 9.54. The number of hydrogen-bond acceptors (Lipinski definition) is 2. The van der Waals surface area contributed by atoms with Crippen LogP contribution in [0.25, 0.3) is 11.4 Å². The Labute approximate surface area is 209 Å². The van der Waals surface area contributed by atoms with E-state index in [9.17, 15) is 0 Å². The molecule has 2 heteroatoms. The molecule has 0 bridgehead atoms. The SMILES string of the molecule is CCCCCCC1CCC(c2ccc(-c3ncc(CCC4CCC(CC)CC4)cn3)cc2)CC1. The van der Waals surface area contributed by atoms with E-state index in [0.717, 1.165) is 41.5 Å². The molecule has 2 aromatic rings. The lowest BCUT2D eigenvalue weighted by Gasteiger charge is -2.29. The van der Waals surface area contributed by atoms with E-state index < -0.39 is 0 Å². The van der Waals surface area contributed by atoms with Gasteiger partial charge in [-0.3, -0.25) is 0 Å². The van der Waals surface area contributed by atoms with E-state index in [1.54, 1.807) is 0 Å². The van der Waals surface area contributed by atoms with E-state index in [1.165, 1.54) is 107 Å². The largest absolute Gasteiger partial charge is 0.236 e. The Hall–Kier alpha value is -1.70. The average Bonchev–Trinajstić information content (AvgIpc) is 2.91. The first-order valence-electron chi connectivity index (χ1n) is 14.7. The Morgan fingerprint density at radius 1 is 0.676 bits per heavy atom. The van der Waals surface area contributed by atoms with Crippen LogP contribution in [0, 0.1) is 17.8 Å². The summed E-state index contributed by atoms with van der Waals surface area (Å²) in [4.78, 5) is 9.44. The van der Waals surface area contributed by atoms with E-state index >= 15 is 0 Å². The fraction of sp³-hybridized carbons (Fsp3) is 0.688. The minimum absolute atomic E-state index is 0.747. The Morgan fingerprint density at radius 3 is 1.94 bits per heavy atom. The lowest BCUT2D eigenvalue weighted by molar-refractivity contribution is 0.258. The first-order chi connectivity index (χ1) is 16.7. The van der Waals surface area contributed by atoms with Gasteiger partial charge in [0.15, 0.2) is 5.82 Å². The van der Waals surface area contributed by atoms with Gasteiger partial charge in [0.2, 0.25) is 0 Å². The highest BCUT2D eigenvalue weighted by Crippen LogP contribution is 2.38. The van der Waals surface area contributed by atoms with E-state index in [0.29, 0.717) is 0 Å². The molecule has 4 rings (SSSR count). The highest BCUT2D eigenvalue weighted by molar-refractivity contribution is 5.55. The van der Waals surface area contributed by atoms with Crippen molar-refractivity contribution in [3.8, 4) is 11.4 Å². The van der Waals surface area contributed by atoms with Crippen LogP contribution in [-0.4, -0.2) is 9.97 Å². The fourth-order valence-corrected chi connectivity index (χ4v) is 6.48. The van der Waals surface area contributed by atoms with Crippen molar-refractivity contribution in [2.75, 3.05) is 0 Å². The number of rotatable bonds is 11. The molecule has 0 aliphatic heterocycles. The zero-order valence-electron chi connectivity index (χ0n) is 22.0. The number of hydrogen-bond donors (Lipinski definition) is 0. The highest BCUT2D eigenvalue weighted by atomic mass is 14.9. The van der Waals surface area contributed by atoms with E-state index in [4.69, 9.17) is 9.97 Å². The van der Waals surface area contributed by atoms with Gasteiger partial charge in [-0.2, -0.15) is 0 Å². The van der Waals surface area contributed by atoms with Gasteiger partial charge in [0.1, 0.15) is 0 Å². The van der Waals surface area contributed by atoms with Gasteiger partial charge in [-0.1, -0.05) is 102 Å². The lowest BCUT2D eigenvalue weighted by atomic mass is 9.77. The van der Waals surface area contributed by atoms with Gasteiger partial charge in [-0.05, 0) is 73.3 Å². The van der Waals surface area contributed by atoms with Gasteiger partial charge >= 0.3 is 0 Å². The number of unbranched alkanes of at least 4 members (excludes halogenated alkanes) is 3. The molecule has 1 heterocycles. The van der Waals surface area contributed by atoms with Crippen molar-refractivity contribution in [2.45, 2.75) is 122 Å². The van der Waals surface area contributed by atoms with Crippen LogP contribution in [0.5, 0.6) is 0 Å². The lowest BCUT2D eigenvalue weighted by Crippen LogP contribution is -2.14. The van der Waals surface area contributed by atoms with Crippen LogP contribution in [0.1, 0.15) is 127 Å². The molecular weight excluding hydrogens is 412 g/mol. The van der Waals surface area contributed by atoms with Crippen molar-refractivity contribution >= 4 is 0 Å². The smallest absolute Gasteiger partial charge is 0.159 e. The molecule has 2 nitrogen and oxygen atoms in total. The second-order valence-electron chi connectivity index (χ2n) is 11.4. The van der Waals surface area contributed by atoms with Gasteiger partial charge in [0.25, 0.3) is 0 Å². The summed E-state index contributed by atoms with van der Waals surface area (Å²) in [6, 6.07) is 9.16. The van der Waals surface area contributed by atoms with Crippen molar-refractivity contribution in [2.24, 2.45) is 17.8 Å². The van der Waals surface area contributed by atoms with Crippen LogP contribution in [0.15, 0.2) is 36.7 Å². The van der Waals surface area contributed by atoms with Gasteiger partial charge in [-0.15, -0.1) is 0 Å². The van der Waals surface area contributed by atoms with Crippen LogP contribution < -0.4 is 0 Å². The summed E-state index contributed by atoms with van der Waals surface area (Å²) in [6.45, 7) is 4.65. The molecule has 2 saturated carbocycles. The fourth-order valence-electron chi connectivity index (χ4n) is 6.48. The Morgan fingerprint density at radius 2 is 1.29 bits per heavy atom. The normalized spacial score (nSPS) is 25.4. The van der Waals surface area contributed by atoms with Gasteiger partial charge in [0.05, 0.1) is 0 Å². The third-order valence-electron chi connectivity index (χ3n) is 9.04. The topological polar surface area (TPSA) is 25.8 Å². The van der Waals surface area contributed by atoms with Crippen LogP contribution >= 0.6 is 0 Å². The number of aryl methyl sites for hydroxylation is 1. The van der Waals surface area contributed by atoms with Crippen LogP contribution in [0.4, 0.5) is 0 Å². The standard InChI is InChI=1S/C32H48N2/c1-3-5-6-7-8-26-15-17-29(18-16-26)30-19-21-31(22-20-30)32-33-23-28(24-34-32)14-13-27-11-9-25(4-2)10-12-27/h19-27,29H,3-18H2,1-2H3. The molecule has 186 valence electrons. The second kappa shape index (κ2) is 13.4. The van der Waals surface area contributed by atoms with Crippen molar-refractivity contribution in [3.05, 3.63) is 47.8 Å². The van der Waals surface area contributed by atoms with Crippen molar-refractivity contribution in [1.82, 2.24) is 9.97 Å².